The van der Waals surface area contributed by atoms with Crippen LogP contribution < -0.4 is 10.6 Å². The van der Waals surface area contributed by atoms with Crippen molar-refractivity contribution >= 4 is 11.6 Å². The molecule has 0 atom stereocenters. The number of aliphatic hydroxyl groups is 1. The molecule has 2 rings (SSSR count). The molecular formula is C14H19FN2O3. The fourth-order valence-corrected chi connectivity index (χ4v) is 2.19. The first-order valence-corrected chi connectivity index (χ1v) is 6.63. The highest BCUT2D eigenvalue weighted by molar-refractivity contribution is 5.92. The Morgan fingerprint density at radius 2 is 2.15 bits per heavy atom. The molecule has 1 aliphatic heterocycles. The smallest absolute Gasteiger partial charge is 0.238 e. The molecule has 6 heteroatoms. The first-order chi connectivity index (χ1) is 9.63. The Kier molecular flexibility index (Phi) is 5.05. The van der Waals surface area contributed by atoms with E-state index in [0.717, 1.165) is 0 Å². The van der Waals surface area contributed by atoms with Crippen molar-refractivity contribution in [3.63, 3.8) is 0 Å². The summed E-state index contributed by atoms with van der Waals surface area (Å²) in [4.78, 5) is 11.8. The minimum absolute atomic E-state index is 0.0381. The molecular weight excluding hydrogens is 263 g/mol. The summed E-state index contributed by atoms with van der Waals surface area (Å²) in [5.74, 6) is -0.665. The van der Waals surface area contributed by atoms with Crippen LogP contribution in [0, 0.1) is 5.82 Å². The van der Waals surface area contributed by atoms with Crippen molar-refractivity contribution in [1.82, 2.24) is 5.32 Å². The SMILES string of the molecule is O=C(CNC1(CO)CCOCC1)Nc1cccc(F)c1. The van der Waals surface area contributed by atoms with Gasteiger partial charge in [0.1, 0.15) is 5.82 Å². The van der Waals surface area contributed by atoms with Gasteiger partial charge in [0.15, 0.2) is 0 Å². The Labute approximate surface area is 117 Å². The molecule has 5 nitrogen and oxygen atoms in total. The summed E-state index contributed by atoms with van der Waals surface area (Å²) < 4.78 is 18.2. The van der Waals surface area contributed by atoms with Crippen LogP contribution in [0.2, 0.25) is 0 Å². The van der Waals surface area contributed by atoms with Crippen LogP contribution in [0.5, 0.6) is 0 Å². The van der Waals surface area contributed by atoms with Crippen LogP contribution in [-0.4, -0.2) is 42.9 Å². The third-order valence-corrected chi connectivity index (χ3v) is 3.48. The van der Waals surface area contributed by atoms with E-state index in [9.17, 15) is 14.3 Å². The average molecular weight is 282 g/mol. The number of hydrogen-bond donors (Lipinski definition) is 3. The monoisotopic (exact) mass is 282 g/mol. The number of ether oxygens (including phenoxy) is 1. The van der Waals surface area contributed by atoms with Crippen molar-refractivity contribution in [2.24, 2.45) is 0 Å². The number of rotatable bonds is 5. The number of anilines is 1. The van der Waals surface area contributed by atoms with Gasteiger partial charge in [-0.15, -0.1) is 0 Å². The lowest BCUT2D eigenvalue weighted by molar-refractivity contribution is -0.116. The second-order valence-electron chi connectivity index (χ2n) is 4.96. The van der Waals surface area contributed by atoms with Gasteiger partial charge >= 0.3 is 0 Å². The van der Waals surface area contributed by atoms with E-state index in [1.54, 1.807) is 6.07 Å². The number of hydrogen-bond acceptors (Lipinski definition) is 4. The Balaban J connectivity index is 1.85. The molecule has 0 aliphatic carbocycles. The fourth-order valence-electron chi connectivity index (χ4n) is 2.19. The predicted molar refractivity (Wildman–Crippen MR) is 72.9 cm³/mol. The summed E-state index contributed by atoms with van der Waals surface area (Å²) in [6.07, 6.45) is 1.33. The van der Waals surface area contributed by atoms with Crippen molar-refractivity contribution in [3.8, 4) is 0 Å². The number of nitrogens with one attached hydrogen (secondary N) is 2. The Morgan fingerprint density at radius 1 is 1.40 bits per heavy atom. The minimum atomic E-state index is -0.461. The van der Waals surface area contributed by atoms with Crippen LogP contribution in [-0.2, 0) is 9.53 Å². The number of aliphatic hydroxyl groups excluding tert-OH is 1. The number of amides is 1. The summed E-state index contributed by atoms with van der Waals surface area (Å²) in [7, 11) is 0. The number of carbonyl (C=O) groups is 1. The standard InChI is InChI=1S/C14H19FN2O3/c15-11-2-1-3-12(8-11)17-13(19)9-16-14(10-18)4-6-20-7-5-14/h1-3,8,16,18H,4-7,9-10H2,(H,17,19). The van der Waals surface area contributed by atoms with E-state index in [2.05, 4.69) is 10.6 Å². The van der Waals surface area contributed by atoms with Crippen molar-refractivity contribution in [1.29, 1.82) is 0 Å². The minimum Gasteiger partial charge on any atom is -0.394 e. The van der Waals surface area contributed by atoms with Crippen LogP contribution in [0.4, 0.5) is 10.1 Å². The lowest BCUT2D eigenvalue weighted by Crippen LogP contribution is -2.54. The lowest BCUT2D eigenvalue weighted by Gasteiger charge is -2.36. The molecule has 1 aromatic carbocycles. The van der Waals surface area contributed by atoms with Crippen molar-refractivity contribution in [2.75, 3.05) is 31.7 Å². The van der Waals surface area contributed by atoms with Gasteiger partial charge in [0.25, 0.3) is 0 Å². The normalized spacial score (nSPS) is 17.7. The molecule has 3 N–H and O–H groups in total. The molecule has 1 fully saturated rings. The van der Waals surface area contributed by atoms with Crippen LogP contribution in [0.3, 0.4) is 0 Å². The average Bonchev–Trinajstić information content (AvgIpc) is 2.46. The maximum atomic E-state index is 13.0. The van der Waals surface area contributed by atoms with Gasteiger partial charge in [-0.2, -0.15) is 0 Å². The predicted octanol–water partition coefficient (Wildman–Crippen LogP) is 0.895. The molecule has 0 aromatic heterocycles. The van der Waals surface area contributed by atoms with Crippen LogP contribution in [0.15, 0.2) is 24.3 Å². The van der Waals surface area contributed by atoms with E-state index < -0.39 is 11.4 Å². The maximum absolute atomic E-state index is 13.0. The molecule has 1 heterocycles. The summed E-state index contributed by atoms with van der Waals surface area (Å²) in [5.41, 5.74) is -0.0424. The third kappa shape index (κ3) is 4.00. The highest BCUT2D eigenvalue weighted by Gasteiger charge is 2.31. The van der Waals surface area contributed by atoms with Gasteiger partial charge in [0.2, 0.25) is 5.91 Å². The number of halogens is 1. The Hall–Kier alpha value is -1.50. The molecule has 0 spiro atoms. The van der Waals surface area contributed by atoms with Gasteiger partial charge in [-0.3, -0.25) is 4.79 Å². The molecule has 0 radical (unpaired) electrons. The van der Waals surface area contributed by atoms with Gasteiger partial charge in [-0.05, 0) is 31.0 Å². The Morgan fingerprint density at radius 3 is 2.80 bits per heavy atom. The van der Waals surface area contributed by atoms with E-state index in [1.807, 2.05) is 0 Å². The molecule has 1 aliphatic rings. The molecule has 110 valence electrons. The van der Waals surface area contributed by atoms with E-state index >= 15 is 0 Å². The van der Waals surface area contributed by atoms with Crippen LogP contribution in [0.25, 0.3) is 0 Å². The third-order valence-electron chi connectivity index (χ3n) is 3.48. The fraction of sp³-hybridized carbons (Fsp3) is 0.500. The Bertz CT molecular complexity index is 461. The first-order valence-electron chi connectivity index (χ1n) is 6.63. The molecule has 1 aromatic rings. The zero-order valence-corrected chi connectivity index (χ0v) is 11.2. The summed E-state index contributed by atoms with van der Waals surface area (Å²) >= 11 is 0. The number of carbonyl (C=O) groups excluding carboxylic acids is 1. The van der Waals surface area contributed by atoms with Gasteiger partial charge in [-0.25, -0.2) is 4.39 Å². The van der Waals surface area contributed by atoms with Gasteiger partial charge in [0, 0.05) is 24.4 Å². The highest BCUT2D eigenvalue weighted by Crippen LogP contribution is 2.19. The van der Waals surface area contributed by atoms with Gasteiger partial charge in [0.05, 0.1) is 13.2 Å². The summed E-state index contributed by atoms with van der Waals surface area (Å²) in [6.45, 7) is 1.17. The zero-order valence-electron chi connectivity index (χ0n) is 11.2. The van der Waals surface area contributed by atoms with E-state index in [4.69, 9.17) is 4.74 Å². The van der Waals surface area contributed by atoms with Crippen LogP contribution in [0.1, 0.15) is 12.8 Å². The molecule has 1 saturated heterocycles. The zero-order chi connectivity index (χ0) is 14.4. The molecule has 0 bridgehead atoms. The van der Waals surface area contributed by atoms with Crippen molar-refractivity contribution in [2.45, 2.75) is 18.4 Å². The highest BCUT2D eigenvalue weighted by atomic mass is 19.1. The summed E-state index contributed by atoms with van der Waals surface area (Å²) in [6, 6.07) is 5.73. The van der Waals surface area contributed by atoms with E-state index in [1.165, 1.54) is 18.2 Å². The molecule has 0 saturated carbocycles. The quantitative estimate of drug-likeness (QED) is 0.750. The topological polar surface area (TPSA) is 70.6 Å². The van der Waals surface area contributed by atoms with Crippen molar-refractivity contribution in [3.05, 3.63) is 30.1 Å². The van der Waals surface area contributed by atoms with Gasteiger partial charge in [-0.1, -0.05) is 6.07 Å². The molecule has 20 heavy (non-hydrogen) atoms. The van der Waals surface area contributed by atoms with Crippen molar-refractivity contribution < 1.29 is 19.0 Å². The van der Waals surface area contributed by atoms with Crippen LogP contribution >= 0.6 is 0 Å². The molecule has 1 amide bonds. The number of benzene rings is 1. The first kappa shape index (κ1) is 14.9. The summed E-state index contributed by atoms with van der Waals surface area (Å²) in [5, 5.41) is 15.2. The molecule has 0 unspecified atom stereocenters. The maximum Gasteiger partial charge on any atom is 0.238 e. The lowest BCUT2D eigenvalue weighted by atomic mass is 9.91. The largest absolute Gasteiger partial charge is 0.394 e. The van der Waals surface area contributed by atoms with E-state index in [0.29, 0.717) is 31.7 Å². The van der Waals surface area contributed by atoms with E-state index in [-0.39, 0.29) is 19.1 Å². The second-order valence-corrected chi connectivity index (χ2v) is 4.96. The second kappa shape index (κ2) is 6.78. The van der Waals surface area contributed by atoms with Gasteiger partial charge < -0.3 is 20.5 Å².